The number of phosphoric acid groups is 1. The molecule has 0 radical (unpaired) electrons. The van der Waals surface area contributed by atoms with Crippen LogP contribution in [0.2, 0.25) is 0 Å². The second-order valence-corrected chi connectivity index (χ2v) is 6.78. The van der Waals surface area contributed by atoms with Gasteiger partial charge in [-0.05, 0) is 6.92 Å². The molecular formula is C11H14N5O6P. The Morgan fingerprint density at radius 2 is 2.26 bits per heavy atom. The van der Waals surface area contributed by atoms with E-state index in [1.165, 1.54) is 10.9 Å². The molecule has 0 amide bonds. The van der Waals surface area contributed by atoms with E-state index in [-0.39, 0.29) is 12.4 Å². The Bertz CT molecular complexity index is 827. The van der Waals surface area contributed by atoms with Gasteiger partial charge in [-0.15, -0.1) is 0 Å². The van der Waals surface area contributed by atoms with Gasteiger partial charge in [0.05, 0.1) is 12.9 Å². The van der Waals surface area contributed by atoms with Crippen molar-refractivity contribution in [3.05, 3.63) is 12.2 Å². The standard InChI is InChI=1S/C11H14N5O6P/c1-4-14-9(12)6-10(15-4)16(3-13-6)11-7(17)8-5(21-11)2-20-23(18,19)22-8/h3,5,7-8,11,17H,2H2,1H3,(H,18,19)(H2,12,14,15)/t5-,7-,8-,11-/m1/s1. The molecule has 4 N–H and O–H groups in total. The van der Waals surface area contributed by atoms with E-state index in [2.05, 4.69) is 15.0 Å². The summed E-state index contributed by atoms with van der Waals surface area (Å²) in [6.07, 6.45) is -2.34. The minimum atomic E-state index is -4.17. The van der Waals surface area contributed by atoms with E-state index in [0.717, 1.165) is 0 Å². The number of aryl methyl sites for hydroxylation is 1. The van der Waals surface area contributed by atoms with Gasteiger partial charge in [0.25, 0.3) is 0 Å². The molecule has 2 aliphatic heterocycles. The van der Waals surface area contributed by atoms with Crippen molar-refractivity contribution < 1.29 is 28.3 Å². The Morgan fingerprint density at radius 3 is 3.04 bits per heavy atom. The zero-order chi connectivity index (χ0) is 16.4. The summed E-state index contributed by atoms with van der Waals surface area (Å²) in [5, 5.41) is 10.4. The number of aromatic nitrogens is 4. The summed E-state index contributed by atoms with van der Waals surface area (Å²) < 4.78 is 28.3. The Morgan fingerprint density at radius 1 is 1.48 bits per heavy atom. The summed E-state index contributed by atoms with van der Waals surface area (Å²) in [5.41, 5.74) is 6.59. The third-order valence-corrected chi connectivity index (χ3v) is 4.79. The lowest BCUT2D eigenvalue weighted by Gasteiger charge is -2.27. The van der Waals surface area contributed by atoms with Crippen LogP contribution in [0, 0.1) is 6.92 Å². The normalized spacial score (nSPS) is 37.2. The minimum Gasteiger partial charge on any atom is -0.386 e. The van der Waals surface area contributed by atoms with Gasteiger partial charge in [0.1, 0.15) is 29.7 Å². The van der Waals surface area contributed by atoms with Crippen LogP contribution in [0.25, 0.3) is 11.2 Å². The number of fused-ring (bicyclic) bond motifs is 2. The molecule has 11 nitrogen and oxygen atoms in total. The highest BCUT2D eigenvalue weighted by Crippen LogP contribution is 2.52. The average molecular weight is 343 g/mol. The maximum Gasteiger partial charge on any atom is 0.472 e. The van der Waals surface area contributed by atoms with Crippen LogP contribution in [0.5, 0.6) is 0 Å². The van der Waals surface area contributed by atoms with Crippen molar-refractivity contribution in [3.8, 4) is 0 Å². The largest absolute Gasteiger partial charge is 0.472 e. The number of hydrogen-bond acceptors (Lipinski definition) is 9. The monoisotopic (exact) mass is 343 g/mol. The quantitative estimate of drug-likeness (QED) is 0.576. The molecule has 23 heavy (non-hydrogen) atoms. The van der Waals surface area contributed by atoms with Crippen molar-refractivity contribution in [2.75, 3.05) is 12.3 Å². The number of hydrogen-bond donors (Lipinski definition) is 3. The zero-order valence-corrected chi connectivity index (χ0v) is 12.8. The number of rotatable bonds is 1. The molecule has 4 heterocycles. The van der Waals surface area contributed by atoms with Gasteiger partial charge < -0.3 is 20.5 Å². The van der Waals surface area contributed by atoms with Crippen LogP contribution >= 0.6 is 7.82 Å². The first-order valence-corrected chi connectivity index (χ1v) is 8.31. The number of nitrogen functional groups attached to an aromatic ring is 1. The van der Waals surface area contributed by atoms with E-state index < -0.39 is 32.4 Å². The highest BCUT2D eigenvalue weighted by atomic mass is 31.2. The van der Waals surface area contributed by atoms with Crippen molar-refractivity contribution in [3.63, 3.8) is 0 Å². The van der Waals surface area contributed by atoms with E-state index in [4.69, 9.17) is 19.5 Å². The fourth-order valence-electron chi connectivity index (χ4n) is 2.80. The fourth-order valence-corrected chi connectivity index (χ4v) is 3.77. The number of aliphatic hydroxyl groups is 1. The molecule has 0 spiro atoms. The van der Waals surface area contributed by atoms with Gasteiger partial charge in [0.2, 0.25) is 0 Å². The summed E-state index contributed by atoms with van der Waals surface area (Å²) in [5.74, 6) is 0.664. The zero-order valence-electron chi connectivity index (χ0n) is 11.9. The molecule has 2 fully saturated rings. The molecule has 2 aromatic heterocycles. The van der Waals surface area contributed by atoms with Gasteiger partial charge >= 0.3 is 7.82 Å². The molecule has 5 atom stereocenters. The molecule has 0 aromatic carbocycles. The van der Waals surface area contributed by atoms with Gasteiger partial charge in [-0.2, -0.15) is 0 Å². The average Bonchev–Trinajstić information content (AvgIpc) is 3.00. The highest BCUT2D eigenvalue weighted by Gasteiger charge is 2.52. The first-order chi connectivity index (χ1) is 10.9. The topological polar surface area (TPSA) is 155 Å². The molecule has 2 aromatic rings. The van der Waals surface area contributed by atoms with Crippen molar-refractivity contribution in [2.45, 2.75) is 31.5 Å². The third kappa shape index (κ3) is 2.33. The summed E-state index contributed by atoms with van der Waals surface area (Å²) in [7, 11) is -4.17. The molecule has 1 unspecified atom stereocenters. The molecule has 12 heteroatoms. The van der Waals surface area contributed by atoms with E-state index in [1.54, 1.807) is 6.92 Å². The van der Waals surface area contributed by atoms with Crippen LogP contribution in [0.3, 0.4) is 0 Å². The van der Waals surface area contributed by atoms with Gasteiger partial charge in [-0.3, -0.25) is 13.6 Å². The van der Waals surface area contributed by atoms with Gasteiger partial charge in [0.15, 0.2) is 17.7 Å². The van der Waals surface area contributed by atoms with E-state index in [9.17, 15) is 14.6 Å². The van der Waals surface area contributed by atoms with E-state index in [0.29, 0.717) is 17.0 Å². The Labute approximate surface area is 129 Å². The molecule has 0 aliphatic carbocycles. The highest BCUT2D eigenvalue weighted by molar-refractivity contribution is 7.47. The molecule has 4 rings (SSSR count). The first-order valence-electron chi connectivity index (χ1n) is 6.81. The summed E-state index contributed by atoms with van der Waals surface area (Å²) >= 11 is 0. The Balaban J connectivity index is 1.73. The predicted molar refractivity (Wildman–Crippen MR) is 75.0 cm³/mol. The van der Waals surface area contributed by atoms with Crippen LogP contribution in [0.1, 0.15) is 12.1 Å². The third-order valence-electron chi connectivity index (χ3n) is 3.80. The molecular weight excluding hydrogens is 329 g/mol. The first kappa shape index (κ1) is 14.9. The maximum absolute atomic E-state index is 11.5. The number of nitrogens with zero attached hydrogens (tertiary/aromatic N) is 4. The van der Waals surface area contributed by atoms with Crippen LogP contribution in [0.15, 0.2) is 6.33 Å². The van der Waals surface area contributed by atoms with Gasteiger partial charge in [-0.1, -0.05) is 0 Å². The molecule has 2 saturated heterocycles. The van der Waals surface area contributed by atoms with Crippen molar-refractivity contribution in [1.29, 1.82) is 0 Å². The number of imidazole rings is 1. The number of ether oxygens (including phenoxy) is 1. The summed E-state index contributed by atoms with van der Waals surface area (Å²) in [6, 6.07) is 0. The van der Waals surface area contributed by atoms with E-state index in [1.807, 2.05) is 0 Å². The van der Waals surface area contributed by atoms with Crippen molar-refractivity contribution in [1.82, 2.24) is 19.5 Å². The maximum atomic E-state index is 11.5. The molecule has 124 valence electrons. The Kier molecular flexibility index (Phi) is 3.21. The number of anilines is 1. The minimum absolute atomic E-state index is 0.158. The number of aliphatic hydroxyl groups excluding tert-OH is 1. The number of nitrogens with two attached hydrogens (primary N) is 1. The van der Waals surface area contributed by atoms with Gasteiger partial charge in [0, 0.05) is 0 Å². The summed E-state index contributed by atoms with van der Waals surface area (Å²) in [6.45, 7) is 1.52. The van der Waals surface area contributed by atoms with Crippen LogP contribution < -0.4 is 5.73 Å². The molecule has 2 aliphatic rings. The lowest BCUT2D eigenvalue weighted by atomic mass is 10.1. The Hall–Kier alpha value is -1.62. The molecule has 0 bridgehead atoms. The summed E-state index contributed by atoms with van der Waals surface area (Å²) in [4.78, 5) is 21.8. The van der Waals surface area contributed by atoms with Crippen LogP contribution in [-0.2, 0) is 18.3 Å². The second-order valence-electron chi connectivity index (χ2n) is 5.37. The SMILES string of the molecule is Cc1nc(N)c2ncn([C@@H]3O[C@@H]4COP(=O)(O)O[C@H]4[C@H]3O)c2n1. The van der Waals surface area contributed by atoms with Crippen molar-refractivity contribution >= 4 is 24.8 Å². The van der Waals surface area contributed by atoms with Crippen LogP contribution in [-0.4, -0.2) is 54.4 Å². The predicted octanol–water partition coefficient (Wildman–Crippen LogP) is -0.509. The smallest absolute Gasteiger partial charge is 0.386 e. The van der Waals surface area contributed by atoms with E-state index >= 15 is 0 Å². The van der Waals surface area contributed by atoms with Crippen molar-refractivity contribution in [2.24, 2.45) is 0 Å². The molecule has 0 saturated carbocycles. The lowest BCUT2D eigenvalue weighted by molar-refractivity contribution is -0.0664. The van der Waals surface area contributed by atoms with Crippen LogP contribution in [0.4, 0.5) is 5.82 Å². The second kappa shape index (κ2) is 4.94. The fraction of sp³-hybridized carbons (Fsp3) is 0.545. The number of phosphoric ester groups is 1. The van der Waals surface area contributed by atoms with Gasteiger partial charge in [-0.25, -0.2) is 19.5 Å². The lowest BCUT2D eigenvalue weighted by Crippen LogP contribution is -2.39.